The van der Waals surface area contributed by atoms with Crippen molar-refractivity contribution in [2.24, 2.45) is 10.7 Å². The van der Waals surface area contributed by atoms with Crippen molar-refractivity contribution in [2.75, 3.05) is 0 Å². The van der Waals surface area contributed by atoms with Gasteiger partial charge in [-0.05, 0) is 24.8 Å². The summed E-state index contributed by atoms with van der Waals surface area (Å²) in [6.07, 6.45) is 8.35. The summed E-state index contributed by atoms with van der Waals surface area (Å²) in [5, 5.41) is 6.61. The molecule has 4 nitrogen and oxygen atoms in total. The van der Waals surface area contributed by atoms with E-state index in [2.05, 4.69) is 51.0 Å². The number of aryl methyl sites for hydroxylation is 2. The molecule has 0 spiro atoms. The van der Waals surface area contributed by atoms with Crippen LogP contribution < -0.4 is 11.1 Å². The average Bonchev–Trinajstić information content (AvgIpc) is 3.08. The fourth-order valence-electron chi connectivity index (χ4n) is 3.10. The van der Waals surface area contributed by atoms with Gasteiger partial charge in [0, 0.05) is 17.8 Å². The van der Waals surface area contributed by atoms with E-state index in [0.717, 1.165) is 18.5 Å². The minimum atomic E-state index is 0. The van der Waals surface area contributed by atoms with Crippen molar-refractivity contribution in [3.05, 3.63) is 52.0 Å². The van der Waals surface area contributed by atoms with E-state index in [1.165, 1.54) is 42.7 Å². The van der Waals surface area contributed by atoms with Gasteiger partial charge in [0.05, 0.1) is 17.2 Å². The lowest BCUT2D eigenvalue weighted by atomic mass is 9.96. The number of nitrogens with zero attached hydrogens (tertiary/aromatic N) is 2. The van der Waals surface area contributed by atoms with Crippen LogP contribution in [0, 0.1) is 0 Å². The molecule has 1 fully saturated rings. The molecular formula is C19H27IN4S. The maximum absolute atomic E-state index is 6.01. The molecule has 1 heterocycles. The van der Waals surface area contributed by atoms with E-state index in [9.17, 15) is 0 Å². The summed E-state index contributed by atoms with van der Waals surface area (Å²) in [5.74, 6) is 0.556. The molecule has 1 aliphatic rings. The molecule has 6 heteroatoms. The molecule has 0 bridgehead atoms. The van der Waals surface area contributed by atoms with E-state index in [-0.39, 0.29) is 24.0 Å². The first-order valence-electron chi connectivity index (χ1n) is 8.83. The molecule has 3 N–H and O–H groups in total. The zero-order valence-corrected chi connectivity index (χ0v) is 17.6. The summed E-state index contributed by atoms with van der Waals surface area (Å²) >= 11 is 1.71. The number of halogens is 1. The quantitative estimate of drug-likeness (QED) is 0.376. The Kier molecular flexibility index (Phi) is 8.67. The number of hydrogen-bond donors (Lipinski definition) is 2. The predicted octanol–water partition coefficient (Wildman–Crippen LogP) is 4.28. The van der Waals surface area contributed by atoms with Gasteiger partial charge in [0.25, 0.3) is 0 Å². The number of hydrogen-bond acceptors (Lipinski definition) is 3. The lowest BCUT2D eigenvalue weighted by Crippen LogP contribution is -2.41. The molecule has 2 aromatic rings. The fourth-order valence-corrected chi connectivity index (χ4v) is 3.89. The molecule has 1 aliphatic carbocycles. The Hall–Kier alpha value is -1.15. The topological polar surface area (TPSA) is 63.3 Å². The van der Waals surface area contributed by atoms with Gasteiger partial charge >= 0.3 is 0 Å². The van der Waals surface area contributed by atoms with Gasteiger partial charge < -0.3 is 11.1 Å². The van der Waals surface area contributed by atoms with Crippen molar-refractivity contribution in [3.63, 3.8) is 0 Å². The predicted molar refractivity (Wildman–Crippen MR) is 117 cm³/mol. The molecule has 1 aromatic carbocycles. The Bertz CT molecular complexity index is 650. The summed E-state index contributed by atoms with van der Waals surface area (Å²) in [5.41, 5.74) is 8.37. The maximum atomic E-state index is 6.01. The third kappa shape index (κ3) is 6.93. The number of thiazole rings is 1. The molecule has 0 atom stereocenters. The molecule has 0 unspecified atom stereocenters. The van der Waals surface area contributed by atoms with Crippen molar-refractivity contribution in [2.45, 2.75) is 57.5 Å². The van der Waals surface area contributed by atoms with Gasteiger partial charge in [-0.3, -0.25) is 0 Å². The molecule has 0 radical (unpaired) electrons. The summed E-state index contributed by atoms with van der Waals surface area (Å²) in [4.78, 5) is 9.12. The Morgan fingerprint density at radius 1 is 1.16 bits per heavy atom. The maximum Gasteiger partial charge on any atom is 0.189 e. The summed E-state index contributed by atoms with van der Waals surface area (Å²) in [6.45, 7) is 0.563. The van der Waals surface area contributed by atoms with Gasteiger partial charge in [-0.1, -0.05) is 49.6 Å². The van der Waals surface area contributed by atoms with Crippen LogP contribution >= 0.6 is 35.3 Å². The second kappa shape index (κ2) is 10.8. The third-order valence-corrected chi connectivity index (χ3v) is 5.40. The van der Waals surface area contributed by atoms with Crippen LogP contribution in [0.3, 0.4) is 0 Å². The third-order valence-electron chi connectivity index (χ3n) is 4.44. The summed E-state index contributed by atoms with van der Waals surface area (Å²) < 4.78 is 0. The number of nitrogens with one attached hydrogen (secondary N) is 1. The summed E-state index contributed by atoms with van der Waals surface area (Å²) in [7, 11) is 0. The smallest absolute Gasteiger partial charge is 0.189 e. The van der Waals surface area contributed by atoms with Crippen molar-refractivity contribution < 1.29 is 0 Å². The number of benzene rings is 1. The highest BCUT2D eigenvalue weighted by Crippen LogP contribution is 2.17. The lowest BCUT2D eigenvalue weighted by molar-refractivity contribution is 0.412. The molecule has 1 saturated carbocycles. The Morgan fingerprint density at radius 2 is 1.92 bits per heavy atom. The largest absolute Gasteiger partial charge is 0.370 e. The lowest BCUT2D eigenvalue weighted by Gasteiger charge is -2.23. The Morgan fingerprint density at radius 3 is 2.68 bits per heavy atom. The van der Waals surface area contributed by atoms with Crippen LogP contribution in [0.4, 0.5) is 0 Å². The van der Waals surface area contributed by atoms with Crippen LogP contribution in [0.25, 0.3) is 0 Å². The highest BCUT2D eigenvalue weighted by Gasteiger charge is 2.13. The van der Waals surface area contributed by atoms with Gasteiger partial charge in [0.1, 0.15) is 0 Å². The van der Waals surface area contributed by atoms with Crippen LogP contribution in [0.1, 0.15) is 48.4 Å². The monoisotopic (exact) mass is 470 g/mol. The van der Waals surface area contributed by atoms with Crippen molar-refractivity contribution in [1.82, 2.24) is 10.3 Å². The van der Waals surface area contributed by atoms with Gasteiger partial charge in [-0.2, -0.15) is 0 Å². The van der Waals surface area contributed by atoms with Gasteiger partial charge in [-0.25, -0.2) is 9.98 Å². The molecular weight excluding hydrogens is 443 g/mol. The van der Waals surface area contributed by atoms with E-state index in [4.69, 9.17) is 5.73 Å². The van der Waals surface area contributed by atoms with Crippen LogP contribution in [0.5, 0.6) is 0 Å². The van der Waals surface area contributed by atoms with Crippen LogP contribution in [0.15, 0.2) is 40.7 Å². The van der Waals surface area contributed by atoms with Crippen molar-refractivity contribution >= 4 is 41.3 Å². The zero-order valence-electron chi connectivity index (χ0n) is 14.5. The number of aliphatic imine (C=N–C) groups is 1. The second-order valence-corrected chi connectivity index (χ2v) is 7.34. The van der Waals surface area contributed by atoms with Gasteiger partial charge in [-0.15, -0.1) is 35.3 Å². The zero-order chi connectivity index (χ0) is 16.6. The molecule has 3 rings (SSSR count). The summed E-state index contributed by atoms with van der Waals surface area (Å²) in [6, 6.07) is 11.0. The molecule has 136 valence electrons. The van der Waals surface area contributed by atoms with Crippen molar-refractivity contribution in [1.29, 1.82) is 0 Å². The minimum Gasteiger partial charge on any atom is -0.370 e. The van der Waals surface area contributed by atoms with E-state index in [1.54, 1.807) is 11.3 Å². The standard InChI is InChI=1S/C19H26N4S.HI/c20-19(23-16-9-5-2-6-10-16)21-13-17-14-24-18(22-17)12-11-15-7-3-1-4-8-15;/h1,3-4,7-8,14,16H,2,5-6,9-13H2,(H3,20,21,23);1H. The molecule has 25 heavy (non-hydrogen) atoms. The van der Waals surface area contributed by atoms with E-state index >= 15 is 0 Å². The number of nitrogens with two attached hydrogens (primary N) is 1. The van der Waals surface area contributed by atoms with Crippen molar-refractivity contribution in [3.8, 4) is 0 Å². The first-order valence-corrected chi connectivity index (χ1v) is 9.71. The second-order valence-electron chi connectivity index (χ2n) is 6.40. The van der Waals surface area contributed by atoms with Crippen LogP contribution in [0.2, 0.25) is 0 Å². The van der Waals surface area contributed by atoms with Crippen LogP contribution in [-0.4, -0.2) is 17.0 Å². The van der Waals surface area contributed by atoms with Crippen LogP contribution in [-0.2, 0) is 19.4 Å². The van der Waals surface area contributed by atoms with E-state index in [0.29, 0.717) is 18.5 Å². The molecule has 0 amide bonds. The SMILES string of the molecule is I.NC(=NCc1csc(CCc2ccccc2)n1)NC1CCCCC1. The normalized spacial score (nSPS) is 15.6. The molecule has 0 saturated heterocycles. The number of guanidine groups is 1. The van der Waals surface area contributed by atoms with Gasteiger partial charge in [0.2, 0.25) is 0 Å². The fraction of sp³-hybridized carbons (Fsp3) is 0.474. The highest BCUT2D eigenvalue weighted by molar-refractivity contribution is 14.0. The Balaban J connectivity index is 0.00000225. The first-order chi connectivity index (χ1) is 11.8. The van der Waals surface area contributed by atoms with E-state index < -0.39 is 0 Å². The number of rotatable bonds is 6. The molecule has 0 aliphatic heterocycles. The molecule has 1 aromatic heterocycles. The first kappa shape index (κ1) is 20.2. The highest BCUT2D eigenvalue weighted by atomic mass is 127. The number of aromatic nitrogens is 1. The Labute approximate surface area is 171 Å². The van der Waals surface area contributed by atoms with E-state index in [1.807, 2.05) is 0 Å². The average molecular weight is 470 g/mol. The van der Waals surface area contributed by atoms with Gasteiger partial charge in [0.15, 0.2) is 5.96 Å². The minimum absolute atomic E-state index is 0.